The largest absolute Gasteiger partial charge is 0.459 e. The highest BCUT2D eigenvalue weighted by Gasteiger charge is 2.56. The number of alkyl halides is 3. The van der Waals surface area contributed by atoms with E-state index in [4.69, 9.17) is 11.6 Å². The normalized spacial score (nSPS) is 23.8. The molecule has 0 saturated carbocycles. The van der Waals surface area contributed by atoms with Crippen LogP contribution in [0, 0.1) is 0 Å². The second kappa shape index (κ2) is 3.40. The van der Waals surface area contributed by atoms with E-state index in [1.165, 1.54) is 18.2 Å². The van der Waals surface area contributed by atoms with Crippen LogP contribution in [0.5, 0.6) is 5.75 Å². The average Bonchev–Trinajstić information content (AvgIpc) is 2.17. The number of ether oxygens (including phenoxy) is 1. The SMILES string of the molecule is OC1(C(F)(F)F)C=Cc2cc(Cl)ccc2O1. The second-order valence-corrected chi connectivity index (χ2v) is 3.75. The van der Waals surface area contributed by atoms with Crippen LogP contribution in [0.25, 0.3) is 6.08 Å². The Morgan fingerprint density at radius 1 is 1.31 bits per heavy atom. The first-order valence-corrected chi connectivity index (χ1v) is 4.66. The van der Waals surface area contributed by atoms with E-state index in [1.807, 2.05) is 0 Å². The van der Waals surface area contributed by atoms with E-state index in [0.717, 1.165) is 6.08 Å². The Kier molecular flexibility index (Phi) is 2.40. The summed E-state index contributed by atoms with van der Waals surface area (Å²) in [5.41, 5.74) is 0.390. The summed E-state index contributed by atoms with van der Waals surface area (Å²) in [5, 5.41) is 9.64. The third kappa shape index (κ3) is 1.76. The van der Waals surface area contributed by atoms with Crippen LogP contribution in [0.2, 0.25) is 5.02 Å². The van der Waals surface area contributed by atoms with Crippen molar-refractivity contribution < 1.29 is 23.0 Å². The van der Waals surface area contributed by atoms with Crippen LogP contribution in [-0.4, -0.2) is 17.1 Å². The third-order valence-corrected chi connectivity index (χ3v) is 2.37. The van der Waals surface area contributed by atoms with Crippen molar-refractivity contribution in [1.29, 1.82) is 0 Å². The standard InChI is InChI=1S/C10H6ClF3O2/c11-7-1-2-8-6(5-7)3-4-9(15,16-8)10(12,13)14/h1-5,15H. The number of fused-ring (bicyclic) bond motifs is 1. The van der Waals surface area contributed by atoms with Gasteiger partial charge in [0.25, 0.3) is 0 Å². The number of halogens is 4. The van der Waals surface area contributed by atoms with Crippen molar-refractivity contribution in [2.45, 2.75) is 12.0 Å². The van der Waals surface area contributed by atoms with Gasteiger partial charge in [0.15, 0.2) is 0 Å². The molecule has 0 spiro atoms. The number of hydrogen-bond donors (Lipinski definition) is 1. The third-order valence-electron chi connectivity index (χ3n) is 2.13. The van der Waals surface area contributed by atoms with Crippen LogP contribution in [0.4, 0.5) is 13.2 Å². The van der Waals surface area contributed by atoms with Crippen molar-refractivity contribution in [3.8, 4) is 5.75 Å². The molecule has 0 saturated heterocycles. The molecule has 1 atom stereocenters. The Bertz CT molecular complexity index is 456. The van der Waals surface area contributed by atoms with Gasteiger partial charge in [-0.15, -0.1) is 0 Å². The van der Waals surface area contributed by atoms with Gasteiger partial charge < -0.3 is 9.84 Å². The predicted octanol–water partition coefficient (Wildman–Crippen LogP) is 3.00. The van der Waals surface area contributed by atoms with Crippen molar-refractivity contribution in [3.05, 3.63) is 34.9 Å². The molecule has 6 heteroatoms. The smallest absolute Gasteiger partial charge is 0.450 e. The van der Waals surface area contributed by atoms with Gasteiger partial charge in [-0.3, -0.25) is 0 Å². The average molecular weight is 251 g/mol. The fraction of sp³-hybridized carbons (Fsp3) is 0.200. The number of hydrogen-bond acceptors (Lipinski definition) is 2. The zero-order valence-electron chi connectivity index (χ0n) is 7.75. The maximum atomic E-state index is 12.4. The molecule has 1 unspecified atom stereocenters. The van der Waals surface area contributed by atoms with Crippen LogP contribution >= 0.6 is 11.6 Å². The molecule has 1 N–H and O–H groups in total. The highest BCUT2D eigenvalue weighted by Crippen LogP contribution is 2.39. The van der Waals surface area contributed by atoms with Gasteiger partial charge in [0.1, 0.15) is 5.75 Å². The number of aliphatic hydroxyl groups is 1. The summed E-state index contributed by atoms with van der Waals surface area (Å²) in [6.45, 7) is 0. The molecule has 0 aromatic heterocycles. The molecule has 0 bridgehead atoms. The van der Waals surface area contributed by atoms with Gasteiger partial charge in [-0.1, -0.05) is 11.6 Å². The van der Waals surface area contributed by atoms with E-state index < -0.39 is 12.0 Å². The van der Waals surface area contributed by atoms with Gasteiger partial charge in [-0.2, -0.15) is 13.2 Å². The zero-order valence-corrected chi connectivity index (χ0v) is 8.51. The summed E-state index contributed by atoms with van der Waals surface area (Å²) in [4.78, 5) is 0. The van der Waals surface area contributed by atoms with Crippen LogP contribution in [0.1, 0.15) is 5.56 Å². The van der Waals surface area contributed by atoms with Crippen molar-refractivity contribution in [2.75, 3.05) is 0 Å². The molecule has 1 aromatic rings. The van der Waals surface area contributed by atoms with Crippen molar-refractivity contribution in [1.82, 2.24) is 0 Å². The van der Waals surface area contributed by atoms with E-state index in [2.05, 4.69) is 4.74 Å². The lowest BCUT2D eigenvalue weighted by Crippen LogP contribution is -2.49. The summed E-state index contributed by atoms with van der Waals surface area (Å²) in [7, 11) is 0. The summed E-state index contributed by atoms with van der Waals surface area (Å²) in [6, 6.07) is 4.11. The maximum absolute atomic E-state index is 12.4. The molecular formula is C10H6ClF3O2. The molecule has 1 aliphatic heterocycles. The van der Waals surface area contributed by atoms with Crippen molar-refractivity contribution in [3.63, 3.8) is 0 Å². The zero-order chi connectivity index (χ0) is 12.0. The fourth-order valence-electron chi connectivity index (χ4n) is 1.30. The minimum atomic E-state index is -4.89. The molecule has 16 heavy (non-hydrogen) atoms. The second-order valence-electron chi connectivity index (χ2n) is 3.31. The van der Waals surface area contributed by atoms with Crippen LogP contribution in [0.15, 0.2) is 24.3 Å². The molecule has 1 aliphatic rings. The molecule has 0 amide bonds. The first kappa shape index (κ1) is 11.3. The Morgan fingerprint density at radius 2 is 2.00 bits per heavy atom. The lowest BCUT2D eigenvalue weighted by atomic mass is 10.1. The number of rotatable bonds is 0. The Balaban J connectivity index is 2.43. The van der Waals surface area contributed by atoms with E-state index in [-0.39, 0.29) is 5.75 Å². The van der Waals surface area contributed by atoms with Gasteiger partial charge >= 0.3 is 12.0 Å². The fourth-order valence-corrected chi connectivity index (χ4v) is 1.48. The highest BCUT2D eigenvalue weighted by molar-refractivity contribution is 6.30. The number of benzene rings is 1. The summed E-state index contributed by atoms with van der Waals surface area (Å²) >= 11 is 5.66. The Morgan fingerprint density at radius 3 is 2.62 bits per heavy atom. The monoisotopic (exact) mass is 250 g/mol. The topological polar surface area (TPSA) is 29.5 Å². The van der Waals surface area contributed by atoms with E-state index in [1.54, 1.807) is 0 Å². The maximum Gasteiger partial charge on any atom is 0.459 e. The van der Waals surface area contributed by atoms with Crippen molar-refractivity contribution in [2.24, 2.45) is 0 Å². The molecule has 0 fully saturated rings. The minimum Gasteiger partial charge on any atom is -0.450 e. The quantitative estimate of drug-likeness (QED) is 0.767. The molecule has 2 nitrogen and oxygen atoms in total. The molecule has 1 aromatic carbocycles. The van der Waals surface area contributed by atoms with E-state index in [9.17, 15) is 18.3 Å². The first-order chi connectivity index (χ1) is 7.32. The Hall–Kier alpha value is -1.20. The van der Waals surface area contributed by atoms with Crippen LogP contribution < -0.4 is 4.74 Å². The van der Waals surface area contributed by atoms with Gasteiger partial charge in [0, 0.05) is 10.6 Å². The van der Waals surface area contributed by atoms with Gasteiger partial charge in [-0.05, 0) is 30.4 Å². The van der Waals surface area contributed by atoms with E-state index in [0.29, 0.717) is 16.7 Å². The molecule has 0 aliphatic carbocycles. The molecule has 2 rings (SSSR count). The summed E-state index contributed by atoms with van der Waals surface area (Å²) in [6.07, 6.45) is -3.22. The summed E-state index contributed by atoms with van der Waals surface area (Å²) < 4.78 is 41.9. The van der Waals surface area contributed by atoms with Crippen molar-refractivity contribution >= 4 is 17.7 Å². The van der Waals surface area contributed by atoms with Crippen LogP contribution in [0.3, 0.4) is 0 Å². The van der Waals surface area contributed by atoms with E-state index >= 15 is 0 Å². The molecular weight excluding hydrogens is 245 g/mol. The molecule has 86 valence electrons. The van der Waals surface area contributed by atoms with Gasteiger partial charge in [0.2, 0.25) is 0 Å². The lowest BCUT2D eigenvalue weighted by Gasteiger charge is -2.31. The molecule has 1 heterocycles. The first-order valence-electron chi connectivity index (χ1n) is 4.29. The highest BCUT2D eigenvalue weighted by atomic mass is 35.5. The Labute approximate surface area is 93.9 Å². The lowest BCUT2D eigenvalue weighted by molar-refractivity contribution is -0.311. The molecule has 0 radical (unpaired) electrons. The van der Waals surface area contributed by atoms with Gasteiger partial charge in [-0.25, -0.2) is 0 Å². The predicted molar refractivity (Wildman–Crippen MR) is 52.1 cm³/mol. The van der Waals surface area contributed by atoms with Gasteiger partial charge in [0.05, 0.1) is 0 Å². The summed E-state index contributed by atoms with van der Waals surface area (Å²) in [5.74, 6) is -3.33. The van der Waals surface area contributed by atoms with Crippen LogP contribution in [-0.2, 0) is 0 Å². The minimum absolute atomic E-state index is 0.0632.